The van der Waals surface area contributed by atoms with Crippen LogP contribution in [0.4, 0.5) is 0 Å². The lowest BCUT2D eigenvalue weighted by Crippen LogP contribution is -2.24. The summed E-state index contributed by atoms with van der Waals surface area (Å²) in [5, 5.41) is 3.74. The summed E-state index contributed by atoms with van der Waals surface area (Å²) < 4.78 is 1.21. The van der Waals surface area contributed by atoms with Gasteiger partial charge in [-0.05, 0) is 55.0 Å². The molecule has 17 heavy (non-hydrogen) atoms. The molecule has 2 heteroatoms. The van der Waals surface area contributed by atoms with Gasteiger partial charge in [0.05, 0.1) is 0 Å². The maximum Gasteiger partial charge on any atom is 0.0326 e. The zero-order valence-corrected chi connectivity index (χ0v) is 11.8. The molecular formula is C15H20BrN. The molecule has 0 aromatic heterocycles. The van der Waals surface area contributed by atoms with Crippen molar-refractivity contribution in [2.24, 2.45) is 5.92 Å². The van der Waals surface area contributed by atoms with Gasteiger partial charge in [0.1, 0.15) is 0 Å². The first-order chi connectivity index (χ1) is 8.33. The van der Waals surface area contributed by atoms with E-state index in [1.165, 1.54) is 60.7 Å². The number of rotatable bonds is 4. The molecular weight excluding hydrogens is 274 g/mol. The lowest BCUT2D eigenvalue weighted by Gasteiger charge is -2.26. The van der Waals surface area contributed by atoms with Crippen LogP contribution in [0.2, 0.25) is 0 Å². The second-order valence-electron chi connectivity index (χ2n) is 5.47. The molecule has 1 saturated carbocycles. The molecule has 1 aromatic carbocycles. The Balaban J connectivity index is 1.56. The summed E-state index contributed by atoms with van der Waals surface area (Å²) in [6.45, 7) is 1.20. The maximum atomic E-state index is 3.74. The smallest absolute Gasteiger partial charge is 0.0326 e. The number of hydrogen-bond donors (Lipinski definition) is 1. The van der Waals surface area contributed by atoms with E-state index in [0.29, 0.717) is 6.04 Å². The molecule has 0 radical (unpaired) electrons. The van der Waals surface area contributed by atoms with Gasteiger partial charge in [-0.2, -0.15) is 0 Å². The Bertz CT molecular complexity index is 398. The first kappa shape index (κ1) is 11.7. The van der Waals surface area contributed by atoms with Crippen LogP contribution >= 0.6 is 15.9 Å². The van der Waals surface area contributed by atoms with E-state index in [2.05, 4.69) is 39.4 Å². The highest BCUT2D eigenvalue weighted by molar-refractivity contribution is 9.10. The van der Waals surface area contributed by atoms with Gasteiger partial charge < -0.3 is 5.32 Å². The number of nitrogens with one attached hydrogen (secondary N) is 1. The lowest BCUT2D eigenvalue weighted by molar-refractivity contribution is 0.287. The van der Waals surface area contributed by atoms with Gasteiger partial charge in [0.25, 0.3) is 0 Å². The Kier molecular flexibility index (Phi) is 3.53. The van der Waals surface area contributed by atoms with E-state index in [0.717, 1.165) is 5.92 Å². The third-order valence-electron chi connectivity index (χ3n) is 4.35. The molecule has 2 aliphatic carbocycles. The Morgan fingerprint density at radius 1 is 1.24 bits per heavy atom. The van der Waals surface area contributed by atoms with Crippen molar-refractivity contribution in [1.82, 2.24) is 5.32 Å². The van der Waals surface area contributed by atoms with Crippen LogP contribution in [0, 0.1) is 5.92 Å². The Hall–Kier alpha value is -0.340. The number of halogens is 1. The van der Waals surface area contributed by atoms with Crippen molar-refractivity contribution >= 4 is 15.9 Å². The molecule has 1 aromatic rings. The molecule has 1 unspecified atom stereocenters. The second kappa shape index (κ2) is 5.11. The van der Waals surface area contributed by atoms with Crippen LogP contribution in [0.3, 0.4) is 0 Å². The zero-order chi connectivity index (χ0) is 11.7. The summed E-state index contributed by atoms with van der Waals surface area (Å²) in [5.41, 5.74) is 3.06. The lowest BCUT2D eigenvalue weighted by atomic mass is 9.83. The first-order valence-electron chi connectivity index (χ1n) is 6.84. The number of aryl methyl sites for hydroxylation is 1. The molecule has 1 N–H and O–H groups in total. The molecule has 92 valence electrons. The van der Waals surface area contributed by atoms with Gasteiger partial charge in [-0.25, -0.2) is 0 Å². The van der Waals surface area contributed by atoms with Crippen molar-refractivity contribution in [3.05, 3.63) is 33.8 Å². The fourth-order valence-electron chi connectivity index (χ4n) is 3.03. The molecule has 0 aliphatic heterocycles. The van der Waals surface area contributed by atoms with Crippen LogP contribution in [-0.4, -0.2) is 6.54 Å². The van der Waals surface area contributed by atoms with Crippen LogP contribution in [0.15, 0.2) is 22.7 Å². The predicted molar refractivity (Wildman–Crippen MR) is 75.2 cm³/mol. The fraction of sp³-hybridized carbons (Fsp3) is 0.600. The fourth-order valence-corrected chi connectivity index (χ4v) is 3.41. The van der Waals surface area contributed by atoms with Crippen LogP contribution in [0.5, 0.6) is 0 Å². The SMILES string of the molecule is Brc1ccc2c(c1)C(NCCC1CCC1)CC2. The van der Waals surface area contributed by atoms with Crippen molar-refractivity contribution in [2.75, 3.05) is 6.54 Å². The predicted octanol–water partition coefficient (Wildman–Crippen LogP) is 4.22. The highest BCUT2D eigenvalue weighted by atomic mass is 79.9. The van der Waals surface area contributed by atoms with E-state index in [9.17, 15) is 0 Å². The van der Waals surface area contributed by atoms with E-state index in [-0.39, 0.29) is 0 Å². The van der Waals surface area contributed by atoms with Gasteiger partial charge in [0.2, 0.25) is 0 Å². The maximum absolute atomic E-state index is 3.74. The van der Waals surface area contributed by atoms with E-state index in [1.807, 2.05) is 0 Å². The highest BCUT2D eigenvalue weighted by Crippen LogP contribution is 2.34. The topological polar surface area (TPSA) is 12.0 Å². The van der Waals surface area contributed by atoms with Crippen molar-refractivity contribution in [3.63, 3.8) is 0 Å². The molecule has 3 rings (SSSR count). The van der Waals surface area contributed by atoms with Gasteiger partial charge >= 0.3 is 0 Å². The van der Waals surface area contributed by atoms with Gasteiger partial charge in [0, 0.05) is 10.5 Å². The minimum Gasteiger partial charge on any atom is -0.310 e. The monoisotopic (exact) mass is 293 g/mol. The minimum absolute atomic E-state index is 0.600. The van der Waals surface area contributed by atoms with Crippen molar-refractivity contribution in [3.8, 4) is 0 Å². The van der Waals surface area contributed by atoms with E-state index < -0.39 is 0 Å². The van der Waals surface area contributed by atoms with Crippen LogP contribution in [0.25, 0.3) is 0 Å². The number of benzene rings is 1. The van der Waals surface area contributed by atoms with E-state index in [1.54, 1.807) is 0 Å². The third-order valence-corrected chi connectivity index (χ3v) is 4.85. The van der Waals surface area contributed by atoms with Crippen LogP contribution in [-0.2, 0) is 6.42 Å². The average molecular weight is 294 g/mol. The molecule has 1 nitrogen and oxygen atoms in total. The first-order valence-corrected chi connectivity index (χ1v) is 7.64. The van der Waals surface area contributed by atoms with E-state index >= 15 is 0 Å². The molecule has 0 heterocycles. The van der Waals surface area contributed by atoms with Gasteiger partial charge in [-0.1, -0.05) is 41.3 Å². The zero-order valence-electron chi connectivity index (χ0n) is 10.2. The molecule has 0 bridgehead atoms. The third kappa shape index (κ3) is 2.58. The summed E-state index contributed by atoms with van der Waals surface area (Å²) >= 11 is 3.58. The quantitative estimate of drug-likeness (QED) is 0.877. The molecule has 1 atom stereocenters. The minimum atomic E-state index is 0.600. The van der Waals surface area contributed by atoms with Crippen molar-refractivity contribution in [2.45, 2.75) is 44.6 Å². The number of fused-ring (bicyclic) bond motifs is 1. The summed E-state index contributed by atoms with van der Waals surface area (Å²) in [4.78, 5) is 0. The molecule has 1 fully saturated rings. The summed E-state index contributed by atoms with van der Waals surface area (Å²) in [5.74, 6) is 1.02. The standard InChI is InChI=1S/C15H20BrN/c16-13-6-4-12-5-7-15(14(12)10-13)17-9-8-11-2-1-3-11/h4,6,10-11,15,17H,1-3,5,7-9H2. The Labute approximate surface area is 112 Å². The average Bonchev–Trinajstić information content (AvgIpc) is 2.64. The molecule has 2 aliphatic rings. The second-order valence-corrected chi connectivity index (χ2v) is 6.39. The highest BCUT2D eigenvalue weighted by Gasteiger charge is 2.23. The summed E-state index contributed by atoms with van der Waals surface area (Å²) in [7, 11) is 0. The largest absolute Gasteiger partial charge is 0.310 e. The van der Waals surface area contributed by atoms with Crippen LogP contribution in [0.1, 0.15) is 49.3 Å². The summed E-state index contributed by atoms with van der Waals surface area (Å²) in [6.07, 6.45) is 8.28. The van der Waals surface area contributed by atoms with Crippen molar-refractivity contribution in [1.29, 1.82) is 0 Å². The molecule has 0 saturated heterocycles. The normalized spacial score (nSPS) is 23.5. The summed E-state index contributed by atoms with van der Waals surface area (Å²) in [6, 6.07) is 7.33. The van der Waals surface area contributed by atoms with E-state index in [4.69, 9.17) is 0 Å². The molecule has 0 amide bonds. The van der Waals surface area contributed by atoms with Gasteiger partial charge in [0.15, 0.2) is 0 Å². The Morgan fingerprint density at radius 2 is 2.12 bits per heavy atom. The number of hydrogen-bond acceptors (Lipinski definition) is 1. The Morgan fingerprint density at radius 3 is 2.88 bits per heavy atom. The van der Waals surface area contributed by atoms with Gasteiger partial charge in [-0.15, -0.1) is 0 Å². The van der Waals surface area contributed by atoms with Gasteiger partial charge in [-0.3, -0.25) is 0 Å². The van der Waals surface area contributed by atoms with Crippen molar-refractivity contribution < 1.29 is 0 Å². The van der Waals surface area contributed by atoms with Crippen LogP contribution < -0.4 is 5.32 Å². The molecule has 0 spiro atoms.